The molecular weight excluding hydrogens is 440 g/mol. The van der Waals surface area contributed by atoms with E-state index in [1.54, 1.807) is 18.9 Å². The van der Waals surface area contributed by atoms with Crippen molar-refractivity contribution in [3.8, 4) is 11.5 Å². The van der Waals surface area contributed by atoms with Crippen LogP contribution in [0.2, 0.25) is 0 Å². The summed E-state index contributed by atoms with van der Waals surface area (Å²) in [5.74, 6) is 0.820. The number of carbonyl (C=O) groups excluding carboxylic acids is 3. The lowest BCUT2D eigenvalue weighted by Gasteiger charge is -2.27. The van der Waals surface area contributed by atoms with Gasteiger partial charge < -0.3 is 14.8 Å². The molecule has 1 aromatic rings. The van der Waals surface area contributed by atoms with E-state index >= 15 is 0 Å². The van der Waals surface area contributed by atoms with Gasteiger partial charge in [-0.3, -0.25) is 19.3 Å². The van der Waals surface area contributed by atoms with Gasteiger partial charge in [-0.25, -0.2) is 0 Å². The highest BCUT2D eigenvalue weighted by atomic mass is 32.2. The number of rotatable bonds is 11. The van der Waals surface area contributed by atoms with Crippen LogP contribution < -0.4 is 14.8 Å². The summed E-state index contributed by atoms with van der Waals surface area (Å²) in [7, 11) is 1.59. The molecule has 2 fully saturated rings. The molecule has 8 heteroatoms. The van der Waals surface area contributed by atoms with Gasteiger partial charge in [-0.2, -0.15) is 11.8 Å². The maximum absolute atomic E-state index is 13.4. The average molecular weight is 477 g/mol. The Kier molecular flexibility index (Phi) is 9.06. The molecule has 182 valence electrons. The summed E-state index contributed by atoms with van der Waals surface area (Å²) in [4.78, 5) is 40.9. The van der Waals surface area contributed by atoms with Crippen LogP contribution in [0.3, 0.4) is 0 Å². The Morgan fingerprint density at radius 3 is 2.42 bits per heavy atom. The van der Waals surface area contributed by atoms with Crippen molar-refractivity contribution in [3.05, 3.63) is 23.8 Å². The number of nitrogens with zero attached hydrogens (tertiary/aromatic N) is 1. The van der Waals surface area contributed by atoms with Crippen LogP contribution in [0.5, 0.6) is 11.5 Å². The van der Waals surface area contributed by atoms with E-state index in [0.717, 1.165) is 37.7 Å². The first-order valence-electron chi connectivity index (χ1n) is 11.9. The molecule has 1 aromatic carbocycles. The van der Waals surface area contributed by atoms with Crippen LogP contribution in [-0.2, 0) is 14.4 Å². The van der Waals surface area contributed by atoms with Gasteiger partial charge in [0.05, 0.1) is 31.6 Å². The molecule has 4 atom stereocenters. The van der Waals surface area contributed by atoms with Crippen molar-refractivity contribution in [1.82, 2.24) is 10.2 Å². The Morgan fingerprint density at radius 2 is 1.85 bits per heavy atom. The highest BCUT2D eigenvalue weighted by Gasteiger charge is 2.51. The molecule has 1 heterocycles. The summed E-state index contributed by atoms with van der Waals surface area (Å²) in [6, 6.07) is 4.50. The smallest absolute Gasteiger partial charge is 0.243 e. The van der Waals surface area contributed by atoms with Crippen molar-refractivity contribution >= 4 is 29.5 Å². The van der Waals surface area contributed by atoms with Gasteiger partial charge >= 0.3 is 0 Å². The summed E-state index contributed by atoms with van der Waals surface area (Å²) < 4.78 is 11.2. The third-order valence-corrected chi connectivity index (χ3v) is 7.24. The Labute approximate surface area is 200 Å². The van der Waals surface area contributed by atoms with E-state index < -0.39 is 6.04 Å². The van der Waals surface area contributed by atoms with Crippen molar-refractivity contribution < 1.29 is 23.9 Å². The fraction of sp³-hybridized carbons (Fsp3) is 0.640. The van der Waals surface area contributed by atoms with E-state index in [1.807, 2.05) is 38.3 Å². The zero-order valence-electron chi connectivity index (χ0n) is 20.1. The van der Waals surface area contributed by atoms with E-state index in [0.29, 0.717) is 30.3 Å². The molecule has 7 nitrogen and oxygen atoms in total. The van der Waals surface area contributed by atoms with E-state index in [1.165, 1.54) is 4.90 Å². The van der Waals surface area contributed by atoms with Crippen molar-refractivity contribution in [2.24, 2.45) is 11.8 Å². The zero-order chi connectivity index (χ0) is 24.0. The normalized spacial score (nSPS) is 22.0. The standard InChI is InChI=1S/C25H36N2O5S/c1-5-13-32-21-11-10-17(15-22(21)31-3)16(2)26-23(28)20(12-14-33-4)27-24(29)18-8-6-7-9-19(18)25(27)30/h10-11,15-16,18-20H,5-9,12-14H2,1-4H3,(H,26,28). The lowest BCUT2D eigenvalue weighted by Crippen LogP contribution is -2.50. The molecule has 4 unspecified atom stereocenters. The maximum atomic E-state index is 13.4. The molecule has 0 spiro atoms. The van der Waals surface area contributed by atoms with Crippen LogP contribution in [0.25, 0.3) is 0 Å². The minimum atomic E-state index is -0.778. The predicted octanol–water partition coefficient (Wildman–Crippen LogP) is 3.96. The number of nitrogens with one attached hydrogen (secondary N) is 1. The number of amides is 3. The van der Waals surface area contributed by atoms with E-state index in [4.69, 9.17) is 9.47 Å². The lowest BCUT2D eigenvalue weighted by atomic mass is 9.81. The summed E-state index contributed by atoms with van der Waals surface area (Å²) in [6.07, 6.45) is 6.71. The molecule has 1 saturated heterocycles. The van der Waals surface area contributed by atoms with Gasteiger partial charge in [0.2, 0.25) is 17.7 Å². The van der Waals surface area contributed by atoms with Gasteiger partial charge in [0.25, 0.3) is 0 Å². The number of methoxy groups -OCH3 is 1. The van der Waals surface area contributed by atoms with Gasteiger partial charge in [0.1, 0.15) is 6.04 Å². The molecule has 0 bridgehead atoms. The Morgan fingerprint density at radius 1 is 1.18 bits per heavy atom. The predicted molar refractivity (Wildman–Crippen MR) is 129 cm³/mol. The molecule has 33 heavy (non-hydrogen) atoms. The summed E-state index contributed by atoms with van der Waals surface area (Å²) in [5, 5.41) is 3.03. The Hall–Kier alpha value is -2.22. The molecule has 3 amide bonds. The number of hydrogen-bond donors (Lipinski definition) is 1. The molecule has 1 N–H and O–H groups in total. The topological polar surface area (TPSA) is 84.9 Å². The van der Waals surface area contributed by atoms with Crippen molar-refractivity contribution in [2.75, 3.05) is 25.7 Å². The third-order valence-electron chi connectivity index (χ3n) is 6.59. The Balaban J connectivity index is 1.76. The Bertz CT molecular complexity index is 837. The molecule has 1 saturated carbocycles. The fourth-order valence-electron chi connectivity index (χ4n) is 4.78. The number of benzene rings is 1. The maximum Gasteiger partial charge on any atom is 0.243 e. The van der Waals surface area contributed by atoms with E-state index in [-0.39, 0.29) is 35.6 Å². The van der Waals surface area contributed by atoms with Gasteiger partial charge in [0, 0.05) is 0 Å². The zero-order valence-corrected chi connectivity index (χ0v) is 20.9. The van der Waals surface area contributed by atoms with E-state index in [9.17, 15) is 14.4 Å². The number of likely N-dealkylation sites (tertiary alicyclic amines) is 1. The number of hydrogen-bond acceptors (Lipinski definition) is 6. The quantitative estimate of drug-likeness (QED) is 0.487. The molecule has 2 aliphatic rings. The van der Waals surface area contributed by atoms with E-state index in [2.05, 4.69) is 5.32 Å². The summed E-state index contributed by atoms with van der Waals surface area (Å²) in [5.41, 5.74) is 0.861. The van der Waals surface area contributed by atoms with Crippen LogP contribution in [0, 0.1) is 11.8 Å². The number of imide groups is 1. The first-order valence-corrected chi connectivity index (χ1v) is 13.3. The van der Waals surface area contributed by atoms with Gasteiger partial charge in [-0.15, -0.1) is 0 Å². The second-order valence-electron chi connectivity index (χ2n) is 8.83. The highest BCUT2D eigenvalue weighted by Crippen LogP contribution is 2.39. The summed E-state index contributed by atoms with van der Waals surface area (Å²) >= 11 is 1.60. The second kappa shape index (κ2) is 11.8. The molecular formula is C25H36N2O5S. The minimum absolute atomic E-state index is 0.169. The largest absolute Gasteiger partial charge is 0.493 e. The molecule has 1 aliphatic heterocycles. The van der Waals surface area contributed by atoms with Crippen LogP contribution >= 0.6 is 11.8 Å². The number of carbonyl (C=O) groups is 3. The molecule has 3 rings (SSSR count). The summed E-state index contributed by atoms with van der Waals surface area (Å²) in [6.45, 7) is 4.52. The molecule has 1 aliphatic carbocycles. The SMILES string of the molecule is CCCOc1ccc(C(C)NC(=O)C(CCSC)N2C(=O)C3CCCCC3C2=O)cc1OC. The van der Waals surface area contributed by atoms with Gasteiger partial charge in [-0.05, 0) is 62.3 Å². The number of thioether (sulfide) groups is 1. The third kappa shape index (κ3) is 5.65. The van der Waals surface area contributed by atoms with Crippen LogP contribution in [-0.4, -0.2) is 54.4 Å². The van der Waals surface area contributed by atoms with Crippen LogP contribution in [0.4, 0.5) is 0 Å². The average Bonchev–Trinajstić information content (AvgIpc) is 3.08. The van der Waals surface area contributed by atoms with Crippen molar-refractivity contribution in [1.29, 1.82) is 0 Å². The molecule has 0 radical (unpaired) electrons. The monoisotopic (exact) mass is 476 g/mol. The van der Waals surface area contributed by atoms with Gasteiger partial charge in [0.15, 0.2) is 11.5 Å². The van der Waals surface area contributed by atoms with Crippen LogP contribution in [0.15, 0.2) is 18.2 Å². The first-order chi connectivity index (χ1) is 15.9. The van der Waals surface area contributed by atoms with Crippen LogP contribution in [0.1, 0.15) is 64.0 Å². The first kappa shape index (κ1) is 25.4. The number of fused-ring (bicyclic) bond motifs is 1. The minimum Gasteiger partial charge on any atom is -0.493 e. The highest BCUT2D eigenvalue weighted by molar-refractivity contribution is 7.98. The lowest BCUT2D eigenvalue weighted by molar-refractivity contribution is -0.148. The van der Waals surface area contributed by atoms with Crippen molar-refractivity contribution in [3.63, 3.8) is 0 Å². The number of ether oxygens (including phenoxy) is 2. The van der Waals surface area contributed by atoms with Crippen molar-refractivity contribution in [2.45, 2.75) is 64.5 Å². The van der Waals surface area contributed by atoms with Gasteiger partial charge in [-0.1, -0.05) is 25.8 Å². The second-order valence-corrected chi connectivity index (χ2v) is 9.82. The fourth-order valence-corrected chi connectivity index (χ4v) is 5.24. The molecule has 0 aromatic heterocycles.